The van der Waals surface area contributed by atoms with Crippen molar-refractivity contribution < 1.29 is 14.1 Å². The van der Waals surface area contributed by atoms with Crippen molar-refractivity contribution >= 4 is 17.3 Å². The summed E-state index contributed by atoms with van der Waals surface area (Å²) in [7, 11) is 0. The van der Waals surface area contributed by atoms with E-state index in [4.69, 9.17) is 0 Å². The molecular weight excluding hydrogens is 229 g/mol. The van der Waals surface area contributed by atoms with Crippen LogP contribution in [0.3, 0.4) is 0 Å². The largest absolute Gasteiger partial charge is 0.378 e. The molecule has 2 N–H and O–H groups in total. The molecule has 0 saturated carbocycles. The third-order valence-electron chi connectivity index (χ3n) is 1.97. The van der Waals surface area contributed by atoms with Gasteiger partial charge in [0.05, 0.1) is 4.92 Å². The molecule has 0 spiro atoms. The number of halogens is 1. The molecule has 0 bridgehead atoms. The molecule has 0 aliphatic carbocycles. The van der Waals surface area contributed by atoms with Gasteiger partial charge in [0.25, 0.3) is 5.69 Å². The highest BCUT2D eigenvalue weighted by Crippen LogP contribution is 2.24. The normalized spacial score (nSPS) is 9.76. The Balaban J connectivity index is 2.65. The number of rotatable bonds is 5. The molecule has 0 radical (unpaired) electrons. The minimum atomic E-state index is -0.597. The van der Waals surface area contributed by atoms with Crippen LogP contribution in [0.15, 0.2) is 18.2 Å². The van der Waals surface area contributed by atoms with Crippen LogP contribution in [0.2, 0.25) is 0 Å². The molecule has 6 nitrogen and oxygen atoms in total. The second-order valence-electron chi connectivity index (χ2n) is 3.33. The Bertz CT molecular complexity index is 437. The Hall–Kier alpha value is -2.18. The van der Waals surface area contributed by atoms with E-state index in [1.54, 1.807) is 0 Å². The SMILES string of the molecule is CC(=O)NCCNc1cc(F)ccc1[N+](=O)[O-]. The lowest BCUT2D eigenvalue weighted by molar-refractivity contribution is -0.384. The monoisotopic (exact) mass is 241 g/mol. The summed E-state index contributed by atoms with van der Waals surface area (Å²) in [5, 5.41) is 15.9. The first-order valence-corrected chi connectivity index (χ1v) is 4.93. The van der Waals surface area contributed by atoms with Crippen molar-refractivity contribution in [3.8, 4) is 0 Å². The summed E-state index contributed by atoms with van der Waals surface area (Å²) < 4.78 is 12.9. The Morgan fingerprint density at radius 2 is 2.18 bits per heavy atom. The van der Waals surface area contributed by atoms with Gasteiger partial charge in [-0.05, 0) is 6.07 Å². The molecule has 0 saturated heterocycles. The van der Waals surface area contributed by atoms with Gasteiger partial charge in [0.2, 0.25) is 5.91 Å². The quantitative estimate of drug-likeness (QED) is 0.462. The minimum Gasteiger partial charge on any atom is -0.378 e. The zero-order valence-electron chi connectivity index (χ0n) is 9.20. The van der Waals surface area contributed by atoms with Crippen molar-refractivity contribution in [2.24, 2.45) is 0 Å². The number of anilines is 1. The van der Waals surface area contributed by atoms with Crippen molar-refractivity contribution in [1.82, 2.24) is 5.32 Å². The van der Waals surface area contributed by atoms with Crippen LogP contribution < -0.4 is 10.6 Å². The molecule has 0 aliphatic heterocycles. The van der Waals surface area contributed by atoms with E-state index in [0.29, 0.717) is 6.54 Å². The van der Waals surface area contributed by atoms with Crippen LogP contribution in [0.25, 0.3) is 0 Å². The topological polar surface area (TPSA) is 84.3 Å². The van der Waals surface area contributed by atoms with Crippen molar-refractivity contribution in [1.29, 1.82) is 0 Å². The van der Waals surface area contributed by atoms with Crippen molar-refractivity contribution in [2.75, 3.05) is 18.4 Å². The number of nitro groups is 1. The van der Waals surface area contributed by atoms with Crippen LogP contribution in [0, 0.1) is 15.9 Å². The molecule has 17 heavy (non-hydrogen) atoms. The number of nitro benzene ring substituents is 1. The minimum absolute atomic E-state index is 0.0975. The maximum atomic E-state index is 12.9. The van der Waals surface area contributed by atoms with Gasteiger partial charge in [0.1, 0.15) is 11.5 Å². The molecule has 0 unspecified atom stereocenters. The van der Waals surface area contributed by atoms with Crippen molar-refractivity contribution in [3.63, 3.8) is 0 Å². The Labute approximate surface area is 97.0 Å². The second-order valence-corrected chi connectivity index (χ2v) is 3.33. The fourth-order valence-corrected chi connectivity index (χ4v) is 1.24. The highest BCUT2D eigenvalue weighted by Gasteiger charge is 2.13. The first kappa shape index (κ1) is 12.9. The van der Waals surface area contributed by atoms with Crippen molar-refractivity contribution in [3.05, 3.63) is 34.1 Å². The zero-order valence-corrected chi connectivity index (χ0v) is 9.20. The highest BCUT2D eigenvalue weighted by molar-refractivity contribution is 5.72. The van der Waals surface area contributed by atoms with Crippen LogP contribution in [0.4, 0.5) is 15.8 Å². The van der Waals surface area contributed by atoms with E-state index >= 15 is 0 Å². The fourth-order valence-electron chi connectivity index (χ4n) is 1.24. The second kappa shape index (κ2) is 5.78. The van der Waals surface area contributed by atoms with Crippen LogP contribution >= 0.6 is 0 Å². The molecule has 0 aliphatic rings. The Kier molecular flexibility index (Phi) is 4.38. The van der Waals surface area contributed by atoms with Gasteiger partial charge in [-0.2, -0.15) is 0 Å². The molecule has 0 atom stereocenters. The predicted octanol–water partition coefficient (Wildman–Crippen LogP) is 1.28. The Morgan fingerprint density at radius 1 is 1.47 bits per heavy atom. The van der Waals surface area contributed by atoms with Crippen LogP contribution in [0.5, 0.6) is 0 Å². The maximum Gasteiger partial charge on any atom is 0.292 e. The first-order chi connectivity index (χ1) is 8.00. The van der Waals surface area contributed by atoms with Gasteiger partial charge in [-0.15, -0.1) is 0 Å². The van der Waals surface area contributed by atoms with E-state index in [2.05, 4.69) is 10.6 Å². The number of carbonyl (C=O) groups excluding carboxylic acids is 1. The molecule has 0 fully saturated rings. The summed E-state index contributed by atoms with van der Waals surface area (Å²) >= 11 is 0. The van der Waals surface area contributed by atoms with Gasteiger partial charge in [-0.1, -0.05) is 0 Å². The van der Waals surface area contributed by atoms with Crippen LogP contribution in [-0.4, -0.2) is 23.9 Å². The standard InChI is InChI=1S/C10H12FN3O3/c1-7(15)12-4-5-13-9-6-8(11)2-3-10(9)14(16)17/h2-3,6,13H,4-5H2,1H3,(H,12,15). The Morgan fingerprint density at radius 3 is 2.76 bits per heavy atom. The third-order valence-corrected chi connectivity index (χ3v) is 1.97. The average Bonchev–Trinajstić information content (AvgIpc) is 2.23. The highest BCUT2D eigenvalue weighted by atomic mass is 19.1. The number of carbonyl (C=O) groups is 1. The van der Waals surface area contributed by atoms with Gasteiger partial charge in [0.15, 0.2) is 0 Å². The number of hydrogen-bond acceptors (Lipinski definition) is 4. The molecule has 1 aromatic carbocycles. The third kappa shape index (κ3) is 4.06. The summed E-state index contributed by atoms with van der Waals surface area (Å²) in [6.45, 7) is 1.96. The maximum absolute atomic E-state index is 12.9. The van der Waals surface area contributed by atoms with E-state index in [-0.39, 0.29) is 23.8 Å². The van der Waals surface area contributed by atoms with E-state index in [1.165, 1.54) is 6.92 Å². The van der Waals surface area contributed by atoms with Crippen LogP contribution in [0.1, 0.15) is 6.92 Å². The summed E-state index contributed by atoms with van der Waals surface area (Å²) in [5.41, 5.74) is -0.102. The molecule has 0 heterocycles. The summed E-state index contributed by atoms with van der Waals surface area (Å²) in [4.78, 5) is 20.6. The summed E-state index contributed by atoms with van der Waals surface area (Å²) in [5.74, 6) is -0.752. The van der Waals surface area contributed by atoms with E-state index < -0.39 is 10.7 Å². The average molecular weight is 241 g/mol. The lowest BCUT2D eigenvalue weighted by Gasteiger charge is -2.07. The molecule has 1 amide bonds. The molecule has 0 aromatic heterocycles. The van der Waals surface area contributed by atoms with E-state index in [9.17, 15) is 19.3 Å². The predicted molar refractivity (Wildman–Crippen MR) is 60.2 cm³/mol. The van der Waals surface area contributed by atoms with Crippen molar-refractivity contribution in [2.45, 2.75) is 6.92 Å². The van der Waals surface area contributed by atoms with Gasteiger partial charge < -0.3 is 10.6 Å². The smallest absolute Gasteiger partial charge is 0.292 e. The zero-order chi connectivity index (χ0) is 12.8. The summed E-state index contributed by atoms with van der Waals surface area (Å²) in [6, 6.07) is 3.17. The van der Waals surface area contributed by atoms with Gasteiger partial charge in [0, 0.05) is 32.1 Å². The first-order valence-electron chi connectivity index (χ1n) is 4.93. The number of hydrogen-bond donors (Lipinski definition) is 2. The lowest BCUT2D eigenvalue weighted by atomic mass is 10.2. The number of benzene rings is 1. The molecule has 1 aromatic rings. The van der Waals surface area contributed by atoms with E-state index in [0.717, 1.165) is 18.2 Å². The number of nitrogens with zero attached hydrogens (tertiary/aromatic N) is 1. The fraction of sp³-hybridized carbons (Fsp3) is 0.300. The lowest BCUT2D eigenvalue weighted by Crippen LogP contribution is -2.26. The molecule has 7 heteroatoms. The number of amides is 1. The van der Waals surface area contributed by atoms with Gasteiger partial charge in [-0.3, -0.25) is 14.9 Å². The molecular formula is C10H12FN3O3. The van der Waals surface area contributed by atoms with Gasteiger partial charge >= 0.3 is 0 Å². The summed E-state index contributed by atoms with van der Waals surface area (Å²) in [6.07, 6.45) is 0. The van der Waals surface area contributed by atoms with Gasteiger partial charge in [-0.25, -0.2) is 4.39 Å². The molecule has 1 rings (SSSR count). The van der Waals surface area contributed by atoms with Crippen LogP contribution in [-0.2, 0) is 4.79 Å². The van der Waals surface area contributed by atoms with E-state index in [1.807, 2.05) is 0 Å². The molecule has 92 valence electrons. The number of nitrogens with one attached hydrogen (secondary N) is 2.